The maximum absolute atomic E-state index is 12.9. The molecule has 1 heterocycles. The Hall–Kier alpha value is -1.83. The van der Waals surface area contributed by atoms with Crippen LogP contribution in [0.3, 0.4) is 0 Å². The average Bonchev–Trinajstić information content (AvgIpc) is 2.77. The summed E-state index contributed by atoms with van der Waals surface area (Å²) in [6.07, 6.45) is -4.55. The number of carbonyl (C=O) groups is 1. The second-order valence-electron chi connectivity index (χ2n) is 3.66. The molecule has 0 fully saturated rings. The van der Waals surface area contributed by atoms with E-state index < -0.39 is 17.7 Å². The highest BCUT2D eigenvalue weighted by molar-refractivity contribution is 9.10. The summed E-state index contributed by atoms with van der Waals surface area (Å²) in [6.45, 7) is 0. The van der Waals surface area contributed by atoms with Crippen molar-refractivity contribution in [2.45, 2.75) is 6.18 Å². The fourth-order valence-corrected chi connectivity index (χ4v) is 1.90. The van der Waals surface area contributed by atoms with Crippen molar-refractivity contribution in [3.8, 4) is 11.3 Å². The van der Waals surface area contributed by atoms with E-state index in [2.05, 4.69) is 26.1 Å². The van der Waals surface area contributed by atoms with Gasteiger partial charge in [0.2, 0.25) is 0 Å². The second kappa shape index (κ2) is 4.69. The molecule has 0 radical (unpaired) electrons. The molecule has 0 unspecified atom stereocenters. The Morgan fingerprint density at radius 1 is 1.32 bits per heavy atom. The van der Waals surface area contributed by atoms with Crippen molar-refractivity contribution in [2.75, 3.05) is 0 Å². The monoisotopic (exact) mass is 334 g/mol. The number of alkyl halides is 3. The average molecular weight is 335 g/mol. The van der Waals surface area contributed by atoms with Crippen LogP contribution < -0.4 is 0 Å². The van der Waals surface area contributed by atoms with Crippen molar-refractivity contribution >= 4 is 21.9 Å². The first-order valence-electron chi connectivity index (χ1n) is 4.95. The van der Waals surface area contributed by atoms with Crippen LogP contribution in [0.4, 0.5) is 13.2 Å². The number of nitrogens with one attached hydrogen (secondary N) is 1. The first-order valence-corrected chi connectivity index (χ1v) is 5.74. The predicted molar refractivity (Wildman–Crippen MR) is 63.7 cm³/mol. The molecule has 0 aliphatic rings. The number of H-pyrrole nitrogens is 1. The molecular formula is C11H6BrF3N2O2. The van der Waals surface area contributed by atoms with E-state index in [1.807, 2.05) is 0 Å². The fourth-order valence-electron chi connectivity index (χ4n) is 1.54. The molecule has 0 aliphatic carbocycles. The summed E-state index contributed by atoms with van der Waals surface area (Å²) >= 11 is 2.97. The summed E-state index contributed by atoms with van der Waals surface area (Å²) in [4.78, 5) is 10.7. The quantitative estimate of drug-likeness (QED) is 0.882. The van der Waals surface area contributed by atoms with Gasteiger partial charge in [-0.1, -0.05) is 22.0 Å². The molecule has 100 valence electrons. The lowest BCUT2D eigenvalue weighted by Gasteiger charge is -2.11. The largest absolute Gasteiger partial charge is 0.477 e. The number of nitrogens with zero attached hydrogens (tertiary/aromatic N) is 1. The predicted octanol–water partition coefficient (Wildman–Crippen LogP) is 3.56. The molecule has 1 aromatic heterocycles. The van der Waals surface area contributed by atoms with Crippen molar-refractivity contribution in [1.29, 1.82) is 0 Å². The fraction of sp³-hybridized carbons (Fsp3) is 0.0909. The number of carboxylic acid groups (broad SMARTS) is 1. The number of halogens is 4. The first kappa shape index (κ1) is 13.6. The number of benzene rings is 1. The standard InChI is InChI=1S/C11H6BrF3N2O2/c12-5-1-2-6(7(3-5)11(13,14)15)8-4-9(10(18)19)17-16-8/h1-4H,(H,16,17)(H,18,19). The summed E-state index contributed by atoms with van der Waals surface area (Å²) in [5.41, 5.74) is -1.41. The van der Waals surface area contributed by atoms with Crippen LogP contribution in [0.5, 0.6) is 0 Å². The number of carboxylic acids is 1. The van der Waals surface area contributed by atoms with Crippen LogP contribution in [0.15, 0.2) is 28.7 Å². The molecule has 8 heteroatoms. The van der Waals surface area contributed by atoms with Crippen molar-refractivity contribution in [2.24, 2.45) is 0 Å². The molecule has 2 aromatic rings. The lowest BCUT2D eigenvalue weighted by atomic mass is 10.0. The van der Waals surface area contributed by atoms with Crippen LogP contribution in [0.25, 0.3) is 11.3 Å². The Morgan fingerprint density at radius 2 is 2.00 bits per heavy atom. The van der Waals surface area contributed by atoms with E-state index in [-0.39, 0.29) is 21.4 Å². The molecule has 0 aliphatic heterocycles. The highest BCUT2D eigenvalue weighted by Gasteiger charge is 2.34. The highest BCUT2D eigenvalue weighted by Crippen LogP contribution is 2.38. The Balaban J connectivity index is 2.58. The van der Waals surface area contributed by atoms with Crippen LogP contribution >= 0.6 is 15.9 Å². The molecule has 2 N–H and O–H groups in total. The summed E-state index contributed by atoms with van der Waals surface area (Å²) in [5, 5.41) is 14.5. The molecular weight excluding hydrogens is 329 g/mol. The van der Waals surface area contributed by atoms with Gasteiger partial charge in [-0.2, -0.15) is 18.3 Å². The molecule has 0 spiro atoms. The van der Waals surface area contributed by atoms with Gasteiger partial charge in [-0.05, 0) is 18.2 Å². The van der Waals surface area contributed by atoms with E-state index in [4.69, 9.17) is 5.11 Å². The zero-order valence-corrected chi connectivity index (χ0v) is 10.7. The van der Waals surface area contributed by atoms with E-state index in [0.717, 1.165) is 12.1 Å². The summed E-state index contributed by atoms with van der Waals surface area (Å²) in [5.74, 6) is -1.29. The Kier molecular flexibility index (Phi) is 3.36. The number of aromatic amines is 1. The second-order valence-corrected chi connectivity index (χ2v) is 4.58. The van der Waals surface area contributed by atoms with E-state index >= 15 is 0 Å². The molecule has 0 bridgehead atoms. The smallest absolute Gasteiger partial charge is 0.417 e. The topological polar surface area (TPSA) is 66.0 Å². The third-order valence-corrected chi connectivity index (χ3v) is 2.86. The van der Waals surface area contributed by atoms with Gasteiger partial charge in [-0.15, -0.1) is 0 Å². The van der Waals surface area contributed by atoms with Crippen molar-refractivity contribution in [3.05, 3.63) is 40.0 Å². The Morgan fingerprint density at radius 3 is 2.53 bits per heavy atom. The van der Waals surface area contributed by atoms with Gasteiger partial charge < -0.3 is 5.11 Å². The van der Waals surface area contributed by atoms with Gasteiger partial charge in [0, 0.05) is 10.0 Å². The maximum Gasteiger partial charge on any atom is 0.417 e. The number of hydrogen-bond acceptors (Lipinski definition) is 2. The molecule has 2 rings (SSSR count). The number of aromatic nitrogens is 2. The summed E-state index contributed by atoms with van der Waals surface area (Å²) in [6, 6.07) is 4.64. The van der Waals surface area contributed by atoms with Crippen LogP contribution in [0.1, 0.15) is 16.1 Å². The van der Waals surface area contributed by atoms with Gasteiger partial charge in [0.15, 0.2) is 0 Å². The lowest BCUT2D eigenvalue weighted by Crippen LogP contribution is -2.07. The van der Waals surface area contributed by atoms with E-state index in [1.54, 1.807) is 0 Å². The molecule has 1 aromatic carbocycles. The van der Waals surface area contributed by atoms with E-state index in [1.165, 1.54) is 12.1 Å². The van der Waals surface area contributed by atoms with Gasteiger partial charge >= 0.3 is 12.1 Å². The normalized spacial score (nSPS) is 11.6. The van der Waals surface area contributed by atoms with Crippen molar-refractivity contribution in [3.63, 3.8) is 0 Å². The molecule has 0 saturated carbocycles. The third kappa shape index (κ3) is 2.78. The molecule has 0 saturated heterocycles. The molecule has 0 amide bonds. The third-order valence-electron chi connectivity index (χ3n) is 2.37. The zero-order valence-electron chi connectivity index (χ0n) is 9.12. The minimum atomic E-state index is -4.55. The Labute approximate surface area is 113 Å². The van der Waals surface area contributed by atoms with Gasteiger partial charge in [0.1, 0.15) is 5.69 Å². The number of rotatable bonds is 2. The van der Waals surface area contributed by atoms with Crippen LogP contribution in [-0.2, 0) is 6.18 Å². The number of hydrogen-bond donors (Lipinski definition) is 2. The number of aromatic carboxylic acids is 1. The maximum atomic E-state index is 12.9. The minimum Gasteiger partial charge on any atom is -0.477 e. The van der Waals surface area contributed by atoms with Gasteiger partial charge in [0.25, 0.3) is 0 Å². The van der Waals surface area contributed by atoms with Crippen molar-refractivity contribution < 1.29 is 23.1 Å². The SMILES string of the molecule is O=C(O)c1cc(-c2ccc(Br)cc2C(F)(F)F)n[nH]1. The van der Waals surface area contributed by atoms with Crippen LogP contribution in [0, 0.1) is 0 Å². The summed E-state index contributed by atoms with van der Waals surface area (Å²) in [7, 11) is 0. The van der Waals surface area contributed by atoms with Gasteiger partial charge in [-0.3, -0.25) is 5.10 Å². The Bertz CT molecular complexity index is 637. The molecule has 4 nitrogen and oxygen atoms in total. The minimum absolute atomic E-state index is 0.0720. The molecule has 0 atom stereocenters. The highest BCUT2D eigenvalue weighted by atomic mass is 79.9. The molecule has 19 heavy (non-hydrogen) atoms. The zero-order chi connectivity index (χ0) is 14.2. The van der Waals surface area contributed by atoms with E-state index in [9.17, 15) is 18.0 Å². The van der Waals surface area contributed by atoms with Crippen LogP contribution in [0.2, 0.25) is 0 Å². The lowest BCUT2D eigenvalue weighted by molar-refractivity contribution is -0.137. The van der Waals surface area contributed by atoms with Crippen LogP contribution in [-0.4, -0.2) is 21.3 Å². The van der Waals surface area contributed by atoms with Crippen molar-refractivity contribution in [1.82, 2.24) is 10.2 Å². The van der Waals surface area contributed by atoms with Gasteiger partial charge in [0.05, 0.1) is 11.3 Å². The van der Waals surface area contributed by atoms with Gasteiger partial charge in [-0.25, -0.2) is 4.79 Å². The van der Waals surface area contributed by atoms with E-state index in [0.29, 0.717) is 0 Å². The first-order chi connectivity index (χ1) is 8.79. The summed E-state index contributed by atoms with van der Waals surface area (Å²) < 4.78 is 39.0.